The summed E-state index contributed by atoms with van der Waals surface area (Å²) in [5.74, 6) is 0.604. The van der Waals surface area contributed by atoms with Gasteiger partial charge in [-0.1, -0.05) is 35.9 Å². The van der Waals surface area contributed by atoms with Gasteiger partial charge in [0.05, 0.1) is 16.6 Å². The van der Waals surface area contributed by atoms with E-state index < -0.39 is 0 Å². The first-order valence-corrected chi connectivity index (χ1v) is 11.1. The molecule has 0 fully saturated rings. The third-order valence-electron chi connectivity index (χ3n) is 5.49. The average Bonchev–Trinajstić information content (AvgIpc) is 3.09. The summed E-state index contributed by atoms with van der Waals surface area (Å²) in [6.45, 7) is 4.09. The van der Waals surface area contributed by atoms with Crippen LogP contribution >= 0.6 is 22.6 Å². The van der Waals surface area contributed by atoms with E-state index in [1.807, 2.05) is 73.7 Å². The van der Waals surface area contributed by atoms with Crippen molar-refractivity contribution in [1.82, 2.24) is 14.5 Å². The maximum absolute atomic E-state index is 13.5. The minimum Gasteiger partial charge on any atom is -0.358 e. The van der Waals surface area contributed by atoms with Gasteiger partial charge in [-0.25, -0.2) is 4.98 Å². The predicted octanol–water partition coefficient (Wildman–Crippen LogP) is 6.26. The van der Waals surface area contributed by atoms with Crippen molar-refractivity contribution in [2.75, 3.05) is 0 Å². The molecule has 2 aromatic heterocycles. The van der Waals surface area contributed by atoms with Crippen molar-refractivity contribution in [3.63, 3.8) is 0 Å². The number of nitrogens with one attached hydrogen (secondary N) is 1. The Morgan fingerprint density at radius 3 is 2.52 bits per heavy atom. The molecule has 1 N–H and O–H groups in total. The molecule has 4 nitrogen and oxygen atoms in total. The molecule has 5 heteroatoms. The molecule has 0 bridgehead atoms. The first-order valence-electron chi connectivity index (χ1n) is 10.1. The Balaban J connectivity index is 1.75. The van der Waals surface area contributed by atoms with E-state index in [1.54, 1.807) is 4.57 Å². The fourth-order valence-electron chi connectivity index (χ4n) is 3.90. The predicted molar refractivity (Wildman–Crippen MR) is 137 cm³/mol. The van der Waals surface area contributed by atoms with Gasteiger partial charge >= 0.3 is 0 Å². The van der Waals surface area contributed by atoms with E-state index in [0.29, 0.717) is 16.7 Å². The van der Waals surface area contributed by atoms with Gasteiger partial charge in [0, 0.05) is 25.7 Å². The van der Waals surface area contributed by atoms with Gasteiger partial charge in [0.1, 0.15) is 5.82 Å². The molecule has 3 aromatic carbocycles. The van der Waals surface area contributed by atoms with Gasteiger partial charge in [-0.2, -0.15) is 0 Å². The molecule has 0 spiro atoms. The van der Waals surface area contributed by atoms with E-state index in [1.165, 1.54) is 0 Å². The topological polar surface area (TPSA) is 50.7 Å². The molecule has 0 amide bonds. The van der Waals surface area contributed by atoms with Gasteiger partial charge in [0.25, 0.3) is 5.56 Å². The van der Waals surface area contributed by atoms with Crippen molar-refractivity contribution >= 4 is 56.5 Å². The number of hydrogen-bond donors (Lipinski definition) is 1. The molecular formula is C26H20IN3O. The zero-order valence-electron chi connectivity index (χ0n) is 17.2. The van der Waals surface area contributed by atoms with Crippen LogP contribution in [-0.2, 0) is 0 Å². The number of H-pyrrole nitrogens is 1. The number of rotatable bonds is 3. The highest BCUT2D eigenvalue weighted by Crippen LogP contribution is 2.24. The number of benzene rings is 3. The van der Waals surface area contributed by atoms with Crippen LogP contribution in [0.25, 0.3) is 39.6 Å². The summed E-state index contributed by atoms with van der Waals surface area (Å²) < 4.78 is 2.70. The summed E-state index contributed by atoms with van der Waals surface area (Å²) in [7, 11) is 0. The van der Waals surface area contributed by atoms with Crippen LogP contribution in [0.5, 0.6) is 0 Å². The average molecular weight is 517 g/mol. The normalized spacial score (nSPS) is 11.7. The van der Waals surface area contributed by atoms with Crippen LogP contribution in [0, 0.1) is 17.4 Å². The fourth-order valence-corrected chi connectivity index (χ4v) is 4.39. The number of nitrogens with zero attached hydrogens (tertiary/aromatic N) is 2. The van der Waals surface area contributed by atoms with Gasteiger partial charge < -0.3 is 4.98 Å². The number of halogens is 1. The lowest BCUT2D eigenvalue weighted by molar-refractivity contribution is 0.943. The summed E-state index contributed by atoms with van der Waals surface area (Å²) in [6, 6.07) is 22.0. The summed E-state index contributed by atoms with van der Waals surface area (Å²) in [5.41, 5.74) is 5.86. The first kappa shape index (κ1) is 19.8. The van der Waals surface area contributed by atoms with E-state index in [-0.39, 0.29) is 5.56 Å². The van der Waals surface area contributed by atoms with Crippen molar-refractivity contribution in [3.8, 4) is 5.69 Å². The van der Waals surface area contributed by atoms with Gasteiger partial charge in [-0.05, 0) is 85.0 Å². The smallest absolute Gasteiger partial charge is 0.266 e. The highest BCUT2D eigenvalue weighted by atomic mass is 127. The van der Waals surface area contributed by atoms with Gasteiger partial charge in [0.2, 0.25) is 0 Å². The van der Waals surface area contributed by atoms with Crippen molar-refractivity contribution in [3.05, 3.63) is 103 Å². The standard InChI is InChI=1S/C26H20IN3O/c1-16-7-10-19(11-8-16)30-25(29-24-13-9-18(27)15-22(24)26(30)31)14-12-20-17(2)28-23-6-4-3-5-21(20)23/h3-15,28H,1-2H3/b14-12+. The Hall–Kier alpha value is -3.19. The van der Waals surface area contributed by atoms with Crippen LogP contribution in [0.4, 0.5) is 0 Å². The van der Waals surface area contributed by atoms with Crippen LogP contribution in [-0.4, -0.2) is 14.5 Å². The molecule has 0 aliphatic heterocycles. The lowest BCUT2D eigenvalue weighted by atomic mass is 10.1. The minimum atomic E-state index is -0.0670. The third-order valence-corrected chi connectivity index (χ3v) is 6.16. The van der Waals surface area contributed by atoms with E-state index in [9.17, 15) is 4.79 Å². The zero-order valence-corrected chi connectivity index (χ0v) is 19.3. The van der Waals surface area contributed by atoms with E-state index >= 15 is 0 Å². The van der Waals surface area contributed by atoms with Crippen LogP contribution < -0.4 is 5.56 Å². The third kappa shape index (κ3) is 3.59. The van der Waals surface area contributed by atoms with Crippen LogP contribution in [0.2, 0.25) is 0 Å². The molecule has 31 heavy (non-hydrogen) atoms. The molecule has 0 atom stereocenters. The second-order valence-electron chi connectivity index (χ2n) is 7.65. The van der Waals surface area contributed by atoms with Gasteiger partial charge in [0.15, 0.2) is 0 Å². The second-order valence-corrected chi connectivity index (χ2v) is 8.90. The molecule has 0 aliphatic rings. The lowest BCUT2D eigenvalue weighted by Gasteiger charge is -2.12. The molecule has 152 valence electrons. The maximum Gasteiger partial charge on any atom is 0.266 e. The summed E-state index contributed by atoms with van der Waals surface area (Å²) in [4.78, 5) is 21.8. The molecular weight excluding hydrogens is 497 g/mol. The van der Waals surface area contributed by atoms with Crippen molar-refractivity contribution in [1.29, 1.82) is 0 Å². The molecule has 5 aromatic rings. The van der Waals surface area contributed by atoms with Crippen molar-refractivity contribution in [2.45, 2.75) is 13.8 Å². The number of fused-ring (bicyclic) bond motifs is 2. The molecule has 0 saturated heterocycles. The van der Waals surface area contributed by atoms with Gasteiger partial charge in [-0.15, -0.1) is 0 Å². The largest absolute Gasteiger partial charge is 0.358 e. The molecule has 0 unspecified atom stereocenters. The number of aromatic nitrogens is 3. The fraction of sp³-hybridized carbons (Fsp3) is 0.0769. The monoisotopic (exact) mass is 517 g/mol. The van der Waals surface area contributed by atoms with Crippen molar-refractivity contribution in [2.24, 2.45) is 0 Å². The second kappa shape index (κ2) is 7.81. The number of para-hydroxylation sites is 1. The van der Waals surface area contributed by atoms with E-state index in [2.05, 4.69) is 46.6 Å². The Kier molecular flexibility index (Phi) is 4.98. The summed E-state index contributed by atoms with van der Waals surface area (Å²) in [6.07, 6.45) is 3.97. The Morgan fingerprint density at radius 2 is 1.71 bits per heavy atom. The molecule has 0 aliphatic carbocycles. The zero-order chi connectivity index (χ0) is 21.5. The van der Waals surface area contributed by atoms with Crippen LogP contribution in [0.1, 0.15) is 22.6 Å². The lowest BCUT2D eigenvalue weighted by Crippen LogP contribution is -2.22. The maximum atomic E-state index is 13.5. The van der Waals surface area contributed by atoms with E-state index in [4.69, 9.17) is 4.98 Å². The minimum absolute atomic E-state index is 0.0670. The number of hydrogen-bond acceptors (Lipinski definition) is 2. The Bertz CT molecular complexity index is 1520. The highest BCUT2D eigenvalue weighted by molar-refractivity contribution is 14.1. The SMILES string of the molecule is Cc1ccc(-n2c(/C=C/c3c(C)[nH]c4ccccc34)nc3ccc(I)cc3c2=O)cc1. The number of aryl methyl sites for hydroxylation is 2. The molecule has 0 saturated carbocycles. The molecule has 5 rings (SSSR count). The summed E-state index contributed by atoms with van der Waals surface area (Å²) in [5, 5.41) is 1.77. The van der Waals surface area contributed by atoms with E-state index in [0.717, 1.165) is 37.0 Å². The first-order chi connectivity index (χ1) is 15.0. The number of aromatic amines is 1. The molecule has 0 radical (unpaired) electrons. The Labute approximate surface area is 193 Å². The highest BCUT2D eigenvalue weighted by Gasteiger charge is 2.12. The van der Waals surface area contributed by atoms with Crippen molar-refractivity contribution < 1.29 is 0 Å². The van der Waals surface area contributed by atoms with Crippen LogP contribution in [0.3, 0.4) is 0 Å². The van der Waals surface area contributed by atoms with Gasteiger partial charge in [-0.3, -0.25) is 9.36 Å². The Morgan fingerprint density at radius 1 is 0.935 bits per heavy atom. The van der Waals surface area contributed by atoms with Crippen LogP contribution in [0.15, 0.2) is 71.5 Å². The quantitative estimate of drug-likeness (QED) is 0.288. The summed E-state index contributed by atoms with van der Waals surface area (Å²) >= 11 is 2.23. The molecule has 2 heterocycles.